The van der Waals surface area contributed by atoms with Gasteiger partial charge in [-0.2, -0.15) is 0 Å². The van der Waals surface area contributed by atoms with Crippen LogP contribution >= 0.6 is 0 Å². The molecule has 0 fully saturated rings. The Bertz CT molecular complexity index is 1150. The Kier molecular flexibility index (Phi) is 3.12. The van der Waals surface area contributed by atoms with E-state index in [1.165, 1.54) is 0 Å². The third kappa shape index (κ3) is 2.19. The molecule has 0 spiro atoms. The first-order valence-electron chi connectivity index (χ1n) is 8.36. The second-order valence-corrected chi connectivity index (χ2v) is 6.41. The van der Waals surface area contributed by atoms with E-state index < -0.39 is 0 Å². The number of hydrogen-bond acceptors (Lipinski definition) is 4. The smallest absolute Gasteiger partial charge is 0.136 e. The van der Waals surface area contributed by atoms with Crippen LogP contribution in [0.3, 0.4) is 0 Å². The SMILES string of the molecule is Oc1ccc2c(c1)COc1c-2cc2ccc(O)cc2c1-c1cccnc1. The normalized spacial score (nSPS) is 12.3. The van der Waals surface area contributed by atoms with Gasteiger partial charge in [0.1, 0.15) is 23.9 Å². The summed E-state index contributed by atoms with van der Waals surface area (Å²) in [5, 5.41) is 21.7. The van der Waals surface area contributed by atoms with Gasteiger partial charge in [0.25, 0.3) is 0 Å². The fourth-order valence-electron chi connectivity index (χ4n) is 3.62. The predicted octanol–water partition coefficient (Wildman–Crippen LogP) is 4.87. The highest BCUT2D eigenvalue weighted by molar-refractivity contribution is 6.05. The number of fused-ring (bicyclic) bond motifs is 4. The third-order valence-corrected chi connectivity index (χ3v) is 4.78. The summed E-state index contributed by atoms with van der Waals surface area (Å²) >= 11 is 0. The molecular weight excluding hydrogens is 326 g/mol. The summed E-state index contributed by atoms with van der Waals surface area (Å²) in [6.07, 6.45) is 3.53. The second kappa shape index (κ2) is 5.49. The number of hydrogen-bond donors (Lipinski definition) is 2. The van der Waals surface area contributed by atoms with Gasteiger partial charge in [-0.25, -0.2) is 0 Å². The summed E-state index contributed by atoms with van der Waals surface area (Å²) < 4.78 is 6.12. The molecule has 0 bridgehead atoms. The van der Waals surface area contributed by atoms with E-state index in [1.807, 2.05) is 24.3 Å². The van der Waals surface area contributed by atoms with Crippen LogP contribution in [0.5, 0.6) is 17.2 Å². The fourth-order valence-corrected chi connectivity index (χ4v) is 3.62. The Morgan fingerprint density at radius 1 is 0.885 bits per heavy atom. The zero-order valence-corrected chi connectivity index (χ0v) is 13.8. The first-order valence-corrected chi connectivity index (χ1v) is 8.36. The quantitative estimate of drug-likeness (QED) is 0.518. The summed E-state index contributed by atoms with van der Waals surface area (Å²) in [7, 11) is 0. The van der Waals surface area contributed by atoms with E-state index in [0.29, 0.717) is 6.61 Å². The van der Waals surface area contributed by atoms with Crippen molar-refractivity contribution in [2.24, 2.45) is 0 Å². The minimum Gasteiger partial charge on any atom is -0.508 e. The average Bonchev–Trinajstić information content (AvgIpc) is 2.66. The average molecular weight is 341 g/mol. The molecule has 26 heavy (non-hydrogen) atoms. The summed E-state index contributed by atoms with van der Waals surface area (Å²) in [6, 6.07) is 16.6. The molecule has 2 N–H and O–H groups in total. The highest BCUT2D eigenvalue weighted by atomic mass is 16.5. The number of pyridine rings is 1. The highest BCUT2D eigenvalue weighted by Gasteiger charge is 2.24. The van der Waals surface area contributed by atoms with Crippen LogP contribution in [-0.4, -0.2) is 15.2 Å². The molecule has 4 aromatic rings. The van der Waals surface area contributed by atoms with Gasteiger partial charge >= 0.3 is 0 Å². The van der Waals surface area contributed by atoms with Crippen molar-refractivity contribution in [2.45, 2.75) is 6.61 Å². The number of phenols is 2. The molecule has 0 aliphatic carbocycles. The van der Waals surface area contributed by atoms with Crippen LogP contribution < -0.4 is 4.74 Å². The van der Waals surface area contributed by atoms with Crippen molar-refractivity contribution < 1.29 is 14.9 Å². The lowest BCUT2D eigenvalue weighted by Gasteiger charge is -2.25. The minimum atomic E-state index is 0.212. The van der Waals surface area contributed by atoms with E-state index in [2.05, 4.69) is 11.1 Å². The summed E-state index contributed by atoms with van der Waals surface area (Å²) in [6.45, 7) is 0.383. The minimum absolute atomic E-state index is 0.212. The van der Waals surface area contributed by atoms with Crippen molar-refractivity contribution in [1.82, 2.24) is 4.98 Å². The molecule has 4 nitrogen and oxygen atoms in total. The summed E-state index contributed by atoms with van der Waals surface area (Å²) in [5.74, 6) is 1.21. The number of rotatable bonds is 1. The van der Waals surface area contributed by atoms with Gasteiger partial charge in [0.05, 0.1) is 0 Å². The lowest BCUT2D eigenvalue weighted by molar-refractivity contribution is 0.303. The molecule has 0 saturated carbocycles. The molecular formula is C22H15NO3. The van der Waals surface area contributed by atoms with E-state index in [9.17, 15) is 10.2 Å². The number of nitrogens with zero attached hydrogens (tertiary/aromatic N) is 1. The topological polar surface area (TPSA) is 62.6 Å². The van der Waals surface area contributed by atoms with Crippen LogP contribution in [0.4, 0.5) is 0 Å². The molecule has 3 aromatic carbocycles. The fraction of sp³-hybridized carbons (Fsp3) is 0.0455. The number of benzene rings is 3. The Labute approximate surface area is 150 Å². The molecule has 0 radical (unpaired) electrons. The van der Waals surface area contributed by atoms with E-state index in [1.54, 1.807) is 36.7 Å². The molecule has 1 aliphatic heterocycles. The maximum Gasteiger partial charge on any atom is 0.136 e. The van der Waals surface area contributed by atoms with Crippen molar-refractivity contribution in [2.75, 3.05) is 0 Å². The zero-order valence-electron chi connectivity index (χ0n) is 13.8. The predicted molar refractivity (Wildman–Crippen MR) is 100 cm³/mol. The first-order chi connectivity index (χ1) is 12.7. The van der Waals surface area contributed by atoms with Gasteiger partial charge in [-0.1, -0.05) is 18.2 Å². The molecule has 126 valence electrons. The number of aromatic hydroxyl groups is 2. The molecule has 0 atom stereocenters. The zero-order chi connectivity index (χ0) is 17.7. The van der Waals surface area contributed by atoms with Crippen LogP contribution in [0.15, 0.2) is 67.0 Å². The van der Waals surface area contributed by atoms with Crippen molar-refractivity contribution in [3.63, 3.8) is 0 Å². The monoisotopic (exact) mass is 341 g/mol. The van der Waals surface area contributed by atoms with Crippen molar-refractivity contribution in [1.29, 1.82) is 0 Å². The van der Waals surface area contributed by atoms with Crippen molar-refractivity contribution >= 4 is 10.8 Å². The van der Waals surface area contributed by atoms with E-state index in [0.717, 1.165) is 44.3 Å². The molecule has 5 rings (SSSR count). The molecule has 1 aliphatic rings. The second-order valence-electron chi connectivity index (χ2n) is 6.41. The van der Waals surface area contributed by atoms with Crippen molar-refractivity contribution in [3.8, 4) is 39.5 Å². The molecule has 1 aromatic heterocycles. The largest absolute Gasteiger partial charge is 0.508 e. The lowest BCUT2D eigenvalue weighted by Crippen LogP contribution is -2.07. The standard InChI is InChI=1S/C22H15NO3/c24-16-5-6-18-15(8-16)12-26-22-20(18)9-13-3-4-17(25)10-19(13)21(22)14-2-1-7-23-11-14/h1-11,24-25H,12H2. The molecule has 0 unspecified atom stereocenters. The van der Waals surface area contributed by atoms with Crippen LogP contribution in [-0.2, 0) is 6.61 Å². The Morgan fingerprint density at radius 2 is 1.73 bits per heavy atom. The van der Waals surface area contributed by atoms with Gasteiger partial charge in [0, 0.05) is 34.6 Å². The van der Waals surface area contributed by atoms with Gasteiger partial charge in [-0.05, 0) is 52.7 Å². The maximum absolute atomic E-state index is 10.0. The van der Waals surface area contributed by atoms with Gasteiger partial charge < -0.3 is 14.9 Å². The molecule has 0 amide bonds. The van der Waals surface area contributed by atoms with Crippen molar-refractivity contribution in [3.05, 3.63) is 72.6 Å². The Morgan fingerprint density at radius 3 is 2.58 bits per heavy atom. The van der Waals surface area contributed by atoms with E-state index in [4.69, 9.17) is 4.74 Å². The van der Waals surface area contributed by atoms with Gasteiger partial charge in [0.2, 0.25) is 0 Å². The van der Waals surface area contributed by atoms with Gasteiger partial charge in [-0.3, -0.25) is 4.98 Å². The number of aromatic nitrogens is 1. The summed E-state index contributed by atoms with van der Waals surface area (Å²) in [4.78, 5) is 4.24. The van der Waals surface area contributed by atoms with E-state index >= 15 is 0 Å². The van der Waals surface area contributed by atoms with Crippen LogP contribution in [0.1, 0.15) is 5.56 Å². The van der Waals surface area contributed by atoms with E-state index in [-0.39, 0.29) is 11.5 Å². The summed E-state index contributed by atoms with van der Waals surface area (Å²) in [5.41, 5.74) is 4.82. The Hall–Kier alpha value is -3.53. The third-order valence-electron chi connectivity index (χ3n) is 4.78. The maximum atomic E-state index is 10.0. The molecule has 4 heteroatoms. The van der Waals surface area contributed by atoms with Crippen LogP contribution in [0, 0.1) is 0 Å². The highest BCUT2D eigenvalue weighted by Crippen LogP contribution is 2.48. The van der Waals surface area contributed by atoms with Crippen LogP contribution in [0.2, 0.25) is 0 Å². The van der Waals surface area contributed by atoms with Crippen LogP contribution in [0.25, 0.3) is 33.0 Å². The number of ether oxygens (including phenoxy) is 1. The first kappa shape index (κ1) is 14.8. The lowest BCUT2D eigenvalue weighted by atomic mass is 9.89. The van der Waals surface area contributed by atoms with Gasteiger partial charge in [-0.15, -0.1) is 0 Å². The molecule has 0 saturated heterocycles. The molecule has 2 heterocycles. The Balaban J connectivity index is 1.90. The van der Waals surface area contributed by atoms with Gasteiger partial charge in [0.15, 0.2) is 0 Å². The number of phenolic OH excluding ortho intramolecular Hbond substituents is 2.